The number of aliphatic hydroxyl groups excluding tert-OH is 2. The molecule has 0 radical (unpaired) electrons. The fraction of sp³-hybridized carbons (Fsp3) is 0.897. The van der Waals surface area contributed by atoms with Crippen LogP contribution in [0.1, 0.15) is 425 Å². The van der Waals surface area contributed by atoms with Crippen molar-refractivity contribution < 1.29 is 24.5 Å². The molecule has 1 amide bonds. The van der Waals surface area contributed by atoms with Gasteiger partial charge in [-0.1, -0.05) is 384 Å². The van der Waals surface area contributed by atoms with E-state index in [1.165, 1.54) is 347 Å². The van der Waals surface area contributed by atoms with Crippen molar-refractivity contribution in [2.24, 2.45) is 0 Å². The van der Waals surface area contributed by atoms with Gasteiger partial charge in [0.2, 0.25) is 5.91 Å². The zero-order valence-electron chi connectivity index (χ0n) is 56.9. The van der Waals surface area contributed by atoms with Crippen LogP contribution in [0.15, 0.2) is 36.5 Å². The number of unbranched alkanes of at least 4 members (excludes halogenated alkanes) is 57. The maximum Gasteiger partial charge on any atom is 0.305 e. The number of ether oxygens (including phenoxy) is 1. The second-order valence-electron chi connectivity index (χ2n) is 26.3. The van der Waals surface area contributed by atoms with Gasteiger partial charge in [-0.05, 0) is 64.2 Å². The van der Waals surface area contributed by atoms with Crippen LogP contribution in [0.3, 0.4) is 0 Å². The fourth-order valence-electron chi connectivity index (χ4n) is 12.1. The van der Waals surface area contributed by atoms with Crippen LogP contribution in [0.5, 0.6) is 0 Å². The standard InChI is InChI=1S/C78H149NO5/c1-3-5-7-9-11-13-15-17-18-19-42-45-48-52-56-60-64-68-72-78(83)84-73-69-65-61-57-53-49-46-43-40-38-36-34-32-30-28-26-24-22-20-21-23-25-27-29-31-33-35-37-39-41-44-47-51-55-59-63-67-71-77(82)79-75(74-80)76(81)70-66-62-58-54-50-16-14-12-10-8-6-4-2/h13,15,18-19,66,70,75-76,80-81H,3-12,14,16-17,20-65,67-69,71-74H2,1-2H3,(H,79,82)/b15-13-,19-18-,70-66+. The number of aliphatic hydroxyl groups is 2. The first kappa shape index (κ1) is 82.1. The minimum absolute atomic E-state index is 0.0163. The molecule has 6 heteroatoms. The second kappa shape index (κ2) is 73.5. The third-order valence-corrected chi connectivity index (χ3v) is 17.9. The molecular formula is C78H149NO5. The maximum absolute atomic E-state index is 12.5. The van der Waals surface area contributed by atoms with Crippen molar-refractivity contribution in [2.75, 3.05) is 13.2 Å². The summed E-state index contributed by atoms with van der Waals surface area (Å²) in [5.41, 5.74) is 0. The maximum atomic E-state index is 12.5. The molecule has 84 heavy (non-hydrogen) atoms. The van der Waals surface area contributed by atoms with E-state index in [2.05, 4.69) is 43.5 Å². The van der Waals surface area contributed by atoms with Crippen molar-refractivity contribution in [1.29, 1.82) is 0 Å². The highest BCUT2D eigenvalue weighted by Crippen LogP contribution is 2.19. The van der Waals surface area contributed by atoms with Crippen molar-refractivity contribution in [3.05, 3.63) is 36.5 Å². The Kier molecular flexibility index (Phi) is 71.9. The van der Waals surface area contributed by atoms with E-state index in [4.69, 9.17) is 4.74 Å². The summed E-state index contributed by atoms with van der Waals surface area (Å²) >= 11 is 0. The molecule has 0 bridgehead atoms. The van der Waals surface area contributed by atoms with Gasteiger partial charge in [0.05, 0.1) is 25.4 Å². The predicted octanol–water partition coefficient (Wildman–Crippen LogP) is 25.0. The van der Waals surface area contributed by atoms with Crippen LogP contribution in [-0.4, -0.2) is 47.4 Å². The van der Waals surface area contributed by atoms with Gasteiger partial charge in [-0.15, -0.1) is 0 Å². The number of allylic oxidation sites excluding steroid dienone is 5. The van der Waals surface area contributed by atoms with E-state index in [1.807, 2.05) is 6.08 Å². The van der Waals surface area contributed by atoms with Crippen molar-refractivity contribution in [3.63, 3.8) is 0 Å². The molecular weight excluding hydrogens is 1030 g/mol. The van der Waals surface area contributed by atoms with E-state index in [-0.39, 0.29) is 18.5 Å². The van der Waals surface area contributed by atoms with E-state index < -0.39 is 12.1 Å². The molecule has 496 valence electrons. The lowest BCUT2D eigenvalue weighted by molar-refractivity contribution is -0.143. The molecule has 2 atom stereocenters. The normalized spacial score (nSPS) is 12.7. The molecule has 0 aromatic heterocycles. The van der Waals surface area contributed by atoms with Crippen molar-refractivity contribution in [1.82, 2.24) is 5.32 Å². The summed E-state index contributed by atoms with van der Waals surface area (Å²) in [6.45, 7) is 4.91. The molecule has 0 rings (SSSR count). The highest BCUT2D eigenvalue weighted by Gasteiger charge is 2.18. The summed E-state index contributed by atoms with van der Waals surface area (Å²) in [6.07, 6.45) is 95.6. The Bertz CT molecular complexity index is 1360. The minimum Gasteiger partial charge on any atom is -0.466 e. The zero-order chi connectivity index (χ0) is 60.6. The molecule has 0 fully saturated rings. The van der Waals surface area contributed by atoms with Crippen LogP contribution in [0.25, 0.3) is 0 Å². The molecule has 6 nitrogen and oxygen atoms in total. The summed E-state index contributed by atoms with van der Waals surface area (Å²) < 4.78 is 5.51. The first-order valence-electron chi connectivity index (χ1n) is 38.3. The van der Waals surface area contributed by atoms with Crippen LogP contribution < -0.4 is 5.32 Å². The lowest BCUT2D eigenvalue weighted by Crippen LogP contribution is -2.45. The average molecular weight is 1180 g/mol. The number of carbonyl (C=O) groups is 2. The van der Waals surface area contributed by atoms with E-state index in [1.54, 1.807) is 6.08 Å². The third kappa shape index (κ3) is 69.2. The summed E-state index contributed by atoms with van der Waals surface area (Å²) in [5, 5.41) is 23.1. The third-order valence-electron chi connectivity index (χ3n) is 17.9. The van der Waals surface area contributed by atoms with E-state index in [0.717, 1.165) is 51.4 Å². The van der Waals surface area contributed by atoms with E-state index in [9.17, 15) is 19.8 Å². The summed E-state index contributed by atoms with van der Waals surface area (Å²) in [5.74, 6) is -0.0448. The van der Waals surface area contributed by atoms with Crippen molar-refractivity contribution in [3.8, 4) is 0 Å². The van der Waals surface area contributed by atoms with Gasteiger partial charge in [0.1, 0.15) is 0 Å². The first-order valence-corrected chi connectivity index (χ1v) is 38.3. The topological polar surface area (TPSA) is 95.9 Å². The van der Waals surface area contributed by atoms with Crippen molar-refractivity contribution >= 4 is 11.9 Å². The number of nitrogens with one attached hydrogen (secondary N) is 1. The first-order chi connectivity index (χ1) is 41.5. The zero-order valence-corrected chi connectivity index (χ0v) is 56.9. The highest BCUT2D eigenvalue weighted by atomic mass is 16.5. The number of hydrogen-bond donors (Lipinski definition) is 3. The Morgan fingerprint density at radius 3 is 0.917 bits per heavy atom. The average Bonchev–Trinajstić information content (AvgIpc) is 3.51. The Balaban J connectivity index is 3.29. The number of rotatable bonds is 72. The van der Waals surface area contributed by atoms with E-state index >= 15 is 0 Å². The molecule has 0 heterocycles. The van der Waals surface area contributed by atoms with Crippen LogP contribution in [0.2, 0.25) is 0 Å². The molecule has 0 aliphatic carbocycles. The molecule has 0 saturated heterocycles. The Morgan fingerprint density at radius 1 is 0.333 bits per heavy atom. The molecule has 0 aliphatic rings. The predicted molar refractivity (Wildman–Crippen MR) is 370 cm³/mol. The molecule has 0 aliphatic heterocycles. The largest absolute Gasteiger partial charge is 0.466 e. The van der Waals surface area contributed by atoms with Gasteiger partial charge >= 0.3 is 5.97 Å². The van der Waals surface area contributed by atoms with Gasteiger partial charge in [-0.2, -0.15) is 0 Å². The smallest absolute Gasteiger partial charge is 0.305 e. The summed E-state index contributed by atoms with van der Waals surface area (Å²) in [4.78, 5) is 24.6. The Hall–Kier alpha value is -1.92. The Morgan fingerprint density at radius 2 is 0.595 bits per heavy atom. The van der Waals surface area contributed by atoms with Crippen LogP contribution >= 0.6 is 0 Å². The lowest BCUT2D eigenvalue weighted by atomic mass is 10.0. The number of carbonyl (C=O) groups excluding carboxylic acids is 2. The van der Waals surface area contributed by atoms with E-state index in [0.29, 0.717) is 19.4 Å². The number of hydrogen-bond acceptors (Lipinski definition) is 5. The molecule has 0 spiro atoms. The minimum atomic E-state index is -0.839. The molecule has 0 saturated carbocycles. The SMILES string of the molecule is CCCCCC/C=C\C/C=C\CCCCCCCCCC(=O)OCCCCCCCCCCCCCCCCCCCCCCCCCCCCCCCCCCCCCCCC(=O)NC(CO)C(O)/C=C/CCCCCCCCCCCC. The lowest BCUT2D eigenvalue weighted by Gasteiger charge is -2.20. The molecule has 3 N–H and O–H groups in total. The molecule has 0 aromatic carbocycles. The molecule has 0 aromatic rings. The van der Waals surface area contributed by atoms with Gasteiger partial charge in [0.15, 0.2) is 0 Å². The summed E-state index contributed by atoms with van der Waals surface area (Å²) in [7, 11) is 0. The van der Waals surface area contributed by atoms with Gasteiger partial charge in [-0.3, -0.25) is 9.59 Å². The second-order valence-corrected chi connectivity index (χ2v) is 26.3. The van der Waals surface area contributed by atoms with Crippen LogP contribution in [0, 0.1) is 0 Å². The van der Waals surface area contributed by atoms with Crippen LogP contribution in [0.4, 0.5) is 0 Å². The van der Waals surface area contributed by atoms with Gasteiger partial charge in [0, 0.05) is 12.8 Å². The van der Waals surface area contributed by atoms with Crippen LogP contribution in [-0.2, 0) is 14.3 Å². The summed E-state index contributed by atoms with van der Waals surface area (Å²) in [6, 6.07) is -0.622. The number of esters is 1. The highest BCUT2D eigenvalue weighted by molar-refractivity contribution is 5.76. The van der Waals surface area contributed by atoms with Gasteiger partial charge in [0.25, 0.3) is 0 Å². The fourth-order valence-corrected chi connectivity index (χ4v) is 12.1. The number of amides is 1. The quantitative estimate of drug-likeness (QED) is 0.0320. The van der Waals surface area contributed by atoms with Gasteiger partial charge < -0.3 is 20.3 Å². The van der Waals surface area contributed by atoms with Gasteiger partial charge in [-0.25, -0.2) is 0 Å². The monoisotopic (exact) mass is 1180 g/mol. The van der Waals surface area contributed by atoms with Crippen molar-refractivity contribution in [2.45, 2.75) is 437 Å². The Labute approximate surface area is 525 Å². The molecule has 2 unspecified atom stereocenters.